The van der Waals surface area contributed by atoms with Gasteiger partial charge in [-0.3, -0.25) is 10.1 Å². The van der Waals surface area contributed by atoms with Crippen LogP contribution in [-0.4, -0.2) is 36.3 Å². The zero-order valence-corrected chi connectivity index (χ0v) is 15.4. The molecule has 0 fully saturated rings. The lowest BCUT2D eigenvalue weighted by atomic mass is 10.1. The Morgan fingerprint density at radius 2 is 1.73 bits per heavy atom. The van der Waals surface area contributed by atoms with Crippen molar-refractivity contribution in [1.29, 1.82) is 0 Å². The van der Waals surface area contributed by atoms with Crippen LogP contribution >= 0.6 is 23.8 Å². The fraction of sp³-hybridized carbons (Fsp3) is 0.118. The topological polar surface area (TPSA) is 96.9 Å². The number of amides is 1. The van der Waals surface area contributed by atoms with E-state index in [4.69, 9.17) is 38.4 Å². The van der Waals surface area contributed by atoms with Crippen LogP contribution in [0.2, 0.25) is 5.02 Å². The van der Waals surface area contributed by atoms with E-state index in [1.54, 1.807) is 18.2 Å². The SMILES string of the molecule is COc1cccc(OC)c1C(=O)NC(=S)Nc1ccc(Cl)c(C(=O)O)c1. The molecule has 1 amide bonds. The van der Waals surface area contributed by atoms with Crippen molar-refractivity contribution in [1.82, 2.24) is 5.32 Å². The first kappa shape index (κ1) is 19.5. The second-order valence-corrected chi connectivity index (χ2v) is 5.76. The molecule has 136 valence electrons. The Morgan fingerprint density at radius 3 is 2.27 bits per heavy atom. The van der Waals surface area contributed by atoms with Crippen LogP contribution in [-0.2, 0) is 0 Å². The van der Waals surface area contributed by atoms with Gasteiger partial charge in [0.1, 0.15) is 17.1 Å². The number of benzene rings is 2. The summed E-state index contributed by atoms with van der Waals surface area (Å²) in [7, 11) is 2.87. The summed E-state index contributed by atoms with van der Waals surface area (Å²) in [6.07, 6.45) is 0. The summed E-state index contributed by atoms with van der Waals surface area (Å²) < 4.78 is 10.4. The molecule has 0 unspecified atom stereocenters. The average Bonchev–Trinajstić information content (AvgIpc) is 2.62. The lowest BCUT2D eigenvalue weighted by Crippen LogP contribution is -2.34. The maximum absolute atomic E-state index is 12.5. The molecule has 7 nitrogen and oxygen atoms in total. The van der Waals surface area contributed by atoms with Crippen molar-refractivity contribution in [2.75, 3.05) is 19.5 Å². The van der Waals surface area contributed by atoms with E-state index in [0.717, 1.165) is 0 Å². The number of thiocarbonyl (C=S) groups is 1. The Kier molecular flexibility index (Phi) is 6.37. The van der Waals surface area contributed by atoms with E-state index in [9.17, 15) is 9.59 Å². The number of carbonyl (C=O) groups is 2. The molecular weight excluding hydrogens is 380 g/mol. The van der Waals surface area contributed by atoms with Crippen LogP contribution in [0.1, 0.15) is 20.7 Å². The molecule has 0 aromatic heterocycles. The number of nitrogens with one attached hydrogen (secondary N) is 2. The van der Waals surface area contributed by atoms with Crippen LogP contribution in [0.3, 0.4) is 0 Å². The van der Waals surface area contributed by atoms with E-state index in [2.05, 4.69) is 10.6 Å². The van der Waals surface area contributed by atoms with Gasteiger partial charge in [0.15, 0.2) is 5.11 Å². The van der Waals surface area contributed by atoms with Gasteiger partial charge in [-0.2, -0.15) is 0 Å². The quantitative estimate of drug-likeness (QED) is 0.670. The van der Waals surface area contributed by atoms with Crippen LogP contribution in [0.15, 0.2) is 36.4 Å². The highest BCUT2D eigenvalue weighted by molar-refractivity contribution is 7.80. The van der Waals surface area contributed by atoms with Gasteiger partial charge in [-0.05, 0) is 42.5 Å². The fourth-order valence-electron chi connectivity index (χ4n) is 2.17. The Hall–Kier alpha value is -2.84. The molecule has 2 aromatic rings. The lowest BCUT2D eigenvalue weighted by molar-refractivity contribution is 0.0696. The van der Waals surface area contributed by atoms with Gasteiger partial charge < -0.3 is 19.9 Å². The molecule has 0 radical (unpaired) electrons. The minimum absolute atomic E-state index is 0.0263. The molecule has 0 saturated heterocycles. The van der Waals surface area contributed by atoms with Crippen LogP contribution in [0.25, 0.3) is 0 Å². The number of halogens is 1. The van der Waals surface area contributed by atoms with Crippen LogP contribution < -0.4 is 20.1 Å². The van der Waals surface area contributed by atoms with Gasteiger partial charge >= 0.3 is 5.97 Å². The molecule has 0 saturated carbocycles. The smallest absolute Gasteiger partial charge is 0.337 e. The number of methoxy groups -OCH3 is 2. The summed E-state index contributed by atoms with van der Waals surface area (Å²) in [5, 5.41) is 14.4. The Morgan fingerprint density at radius 1 is 1.12 bits per heavy atom. The number of hydrogen-bond acceptors (Lipinski definition) is 5. The maximum Gasteiger partial charge on any atom is 0.337 e. The molecule has 0 aliphatic heterocycles. The van der Waals surface area contributed by atoms with E-state index >= 15 is 0 Å². The first-order valence-corrected chi connectivity index (χ1v) is 8.02. The van der Waals surface area contributed by atoms with Crippen molar-refractivity contribution in [3.05, 3.63) is 52.5 Å². The molecule has 2 aromatic carbocycles. The lowest BCUT2D eigenvalue weighted by Gasteiger charge is -2.14. The normalized spacial score (nSPS) is 9.96. The third-order valence-electron chi connectivity index (χ3n) is 3.34. The summed E-state index contributed by atoms with van der Waals surface area (Å²) in [5.41, 5.74) is 0.463. The number of hydrogen-bond donors (Lipinski definition) is 3. The molecule has 0 atom stereocenters. The number of ether oxygens (including phenoxy) is 2. The number of anilines is 1. The Balaban J connectivity index is 2.17. The second kappa shape index (κ2) is 8.50. The number of rotatable bonds is 5. The molecular formula is C17H15ClN2O5S. The first-order chi connectivity index (χ1) is 12.4. The predicted molar refractivity (Wildman–Crippen MR) is 102 cm³/mol. The summed E-state index contributed by atoms with van der Waals surface area (Å²) >= 11 is 10.9. The van der Waals surface area contributed by atoms with Crippen LogP contribution in [0, 0.1) is 0 Å². The highest BCUT2D eigenvalue weighted by Gasteiger charge is 2.19. The monoisotopic (exact) mass is 394 g/mol. The number of aromatic carboxylic acids is 1. The standard InChI is InChI=1S/C17H15ClN2O5S/c1-24-12-4-3-5-13(25-2)14(12)15(21)20-17(26)19-9-6-7-11(18)10(8-9)16(22)23/h3-8H,1-2H3,(H,22,23)(H2,19,20,21,26). The molecule has 0 heterocycles. The fourth-order valence-corrected chi connectivity index (χ4v) is 2.58. The van der Waals surface area contributed by atoms with Gasteiger partial charge in [-0.1, -0.05) is 17.7 Å². The molecule has 0 bridgehead atoms. The molecule has 9 heteroatoms. The Bertz CT molecular complexity index is 850. The Labute approximate surface area is 159 Å². The third kappa shape index (κ3) is 4.41. The third-order valence-corrected chi connectivity index (χ3v) is 3.87. The maximum atomic E-state index is 12.5. The highest BCUT2D eigenvalue weighted by atomic mass is 35.5. The molecule has 2 rings (SSSR count). The van der Waals surface area contributed by atoms with Crippen molar-refractivity contribution in [3.63, 3.8) is 0 Å². The summed E-state index contributed by atoms with van der Waals surface area (Å²) in [6, 6.07) is 9.19. The van der Waals surface area contributed by atoms with E-state index in [1.807, 2.05) is 0 Å². The van der Waals surface area contributed by atoms with E-state index < -0.39 is 11.9 Å². The van der Waals surface area contributed by atoms with Crippen molar-refractivity contribution >= 4 is 46.5 Å². The van der Waals surface area contributed by atoms with Crippen molar-refractivity contribution in [2.24, 2.45) is 0 Å². The molecule has 0 aliphatic carbocycles. The van der Waals surface area contributed by atoms with Gasteiger partial charge in [-0.25, -0.2) is 4.79 Å². The zero-order valence-electron chi connectivity index (χ0n) is 13.8. The first-order valence-electron chi connectivity index (χ1n) is 7.23. The number of carboxylic acid groups (broad SMARTS) is 1. The number of carboxylic acids is 1. The van der Waals surface area contributed by atoms with E-state index in [1.165, 1.54) is 32.4 Å². The minimum Gasteiger partial charge on any atom is -0.496 e. The summed E-state index contributed by atoms with van der Waals surface area (Å²) in [5.74, 6) is -1.06. The largest absolute Gasteiger partial charge is 0.496 e. The summed E-state index contributed by atoms with van der Waals surface area (Å²) in [4.78, 5) is 23.6. The van der Waals surface area contributed by atoms with Crippen molar-refractivity contribution in [3.8, 4) is 11.5 Å². The van der Waals surface area contributed by atoms with Gasteiger partial charge in [0.2, 0.25) is 0 Å². The van der Waals surface area contributed by atoms with Crippen molar-refractivity contribution < 1.29 is 24.2 Å². The van der Waals surface area contributed by atoms with Gasteiger partial charge in [0.25, 0.3) is 5.91 Å². The van der Waals surface area contributed by atoms with Crippen LogP contribution in [0.4, 0.5) is 5.69 Å². The molecule has 26 heavy (non-hydrogen) atoms. The zero-order chi connectivity index (χ0) is 19.3. The molecule has 0 spiro atoms. The van der Waals surface area contributed by atoms with Crippen LogP contribution in [0.5, 0.6) is 11.5 Å². The van der Waals surface area contributed by atoms with Gasteiger partial charge in [0, 0.05) is 5.69 Å². The van der Waals surface area contributed by atoms with E-state index in [0.29, 0.717) is 17.2 Å². The van der Waals surface area contributed by atoms with E-state index in [-0.39, 0.29) is 21.3 Å². The van der Waals surface area contributed by atoms with Gasteiger partial charge in [-0.15, -0.1) is 0 Å². The summed E-state index contributed by atoms with van der Waals surface area (Å²) in [6.45, 7) is 0. The average molecular weight is 395 g/mol. The highest BCUT2D eigenvalue weighted by Crippen LogP contribution is 2.28. The van der Waals surface area contributed by atoms with Gasteiger partial charge in [0.05, 0.1) is 24.8 Å². The predicted octanol–water partition coefficient (Wildman–Crippen LogP) is 3.18. The molecule has 0 aliphatic rings. The van der Waals surface area contributed by atoms with Crippen molar-refractivity contribution in [2.45, 2.75) is 0 Å². The minimum atomic E-state index is -1.17. The molecule has 3 N–H and O–H groups in total. The number of carbonyl (C=O) groups excluding carboxylic acids is 1. The second-order valence-electron chi connectivity index (χ2n) is 4.95.